The maximum Gasteiger partial charge on any atom is 0.400 e. The first kappa shape index (κ1) is 17.2. The van der Waals surface area contributed by atoms with Gasteiger partial charge in [0.2, 0.25) is 0 Å². The van der Waals surface area contributed by atoms with E-state index in [1.165, 1.54) is 25.4 Å². The second kappa shape index (κ2) is 6.95. The zero-order chi connectivity index (χ0) is 17.0. The van der Waals surface area contributed by atoms with Crippen LogP contribution >= 0.6 is 11.8 Å². The number of hydrogen-bond acceptors (Lipinski definition) is 4. The molecule has 2 rings (SSSR count). The molecule has 0 bridgehead atoms. The molecule has 0 aliphatic heterocycles. The number of rotatable bonds is 5. The Morgan fingerprint density at radius 3 is 2.57 bits per heavy atom. The summed E-state index contributed by atoms with van der Waals surface area (Å²) in [6, 6.07) is 8.65. The highest BCUT2D eigenvalue weighted by molar-refractivity contribution is 8.03. The fourth-order valence-corrected chi connectivity index (χ4v) is 2.93. The fraction of sp³-hybridized carbons (Fsp3) is 0.188. The smallest absolute Gasteiger partial charge is 0.400 e. The van der Waals surface area contributed by atoms with Crippen LogP contribution in [-0.2, 0) is 0 Å². The first-order valence-electron chi connectivity index (χ1n) is 6.54. The number of nitrogens with zero attached hydrogens (tertiary/aromatic N) is 1. The van der Waals surface area contributed by atoms with Crippen molar-refractivity contribution in [3.63, 3.8) is 0 Å². The molecule has 1 aromatic heterocycles. The van der Waals surface area contributed by atoms with Crippen LogP contribution < -0.4 is 4.74 Å². The minimum atomic E-state index is -4.59. The van der Waals surface area contributed by atoms with Gasteiger partial charge >= 0.3 is 6.18 Å². The van der Waals surface area contributed by atoms with Crippen LogP contribution in [0.1, 0.15) is 11.5 Å². The van der Waals surface area contributed by atoms with Gasteiger partial charge in [-0.1, -0.05) is 30.5 Å². The molecular formula is C16H14F3NO2S. The Kier molecular flexibility index (Phi) is 5.20. The molecule has 1 N–H and O–H groups in total. The van der Waals surface area contributed by atoms with Crippen molar-refractivity contribution in [3.8, 4) is 11.5 Å². The molecule has 0 saturated carbocycles. The molecule has 0 saturated heterocycles. The highest BCUT2D eigenvalue weighted by Gasteiger charge is 2.44. The number of aromatic hydroxyl groups is 1. The third kappa shape index (κ3) is 4.19. The SMILES string of the molecule is C=C(Sc1ccccn1)C(c1ccc(OC)cc1O)C(F)(F)F. The van der Waals surface area contributed by atoms with E-state index in [4.69, 9.17) is 4.74 Å². The van der Waals surface area contributed by atoms with Gasteiger partial charge in [-0.3, -0.25) is 0 Å². The Morgan fingerprint density at radius 1 is 1.30 bits per heavy atom. The number of methoxy groups -OCH3 is 1. The standard InChI is InChI=1S/C16H14F3NO2S/c1-10(23-14-5-3-4-8-20-14)15(16(17,18)19)12-7-6-11(22-2)9-13(12)21/h3-9,15,21H,1H2,2H3. The molecule has 0 radical (unpaired) electrons. The van der Waals surface area contributed by atoms with Gasteiger partial charge < -0.3 is 9.84 Å². The summed E-state index contributed by atoms with van der Waals surface area (Å²) in [6.45, 7) is 3.54. The lowest BCUT2D eigenvalue weighted by Crippen LogP contribution is -2.21. The average molecular weight is 341 g/mol. The van der Waals surface area contributed by atoms with Crippen LogP contribution in [0.5, 0.6) is 11.5 Å². The number of thioether (sulfide) groups is 1. The highest BCUT2D eigenvalue weighted by Crippen LogP contribution is 2.48. The van der Waals surface area contributed by atoms with E-state index in [1.807, 2.05) is 0 Å². The normalized spacial score (nSPS) is 12.7. The van der Waals surface area contributed by atoms with E-state index in [0.29, 0.717) is 5.03 Å². The molecule has 3 nitrogen and oxygen atoms in total. The van der Waals surface area contributed by atoms with Gasteiger partial charge in [0.25, 0.3) is 0 Å². The van der Waals surface area contributed by atoms with Crippen molar-refractivity contribution in [3.05, 3.63) is 59.6 Å². The average Bonchev–Trinajstić information content (AvgIpc) is 2.48. The molecule has 0 aliphatic carbocycles. The van der Waals surface area contributed by atoms with E-state index in [-0.39, 0.29) is 16.2 Å². The summed E-state index contributed by atoms with van der Waals surface area (Å²) in [5, 5.41) is 10.3. The Bertz CT molecular complexity index is 689. The number of benzene rings is 1. The lowest BCUT2D eigenvalue weighted by atomic mass is 9.97. The van der Waals surface area contributed by atoms with Crippen molar-refractivity contribution in [2.75, 3.05) is 7.11 Å². The Hall–Kier alpha value is -2.15. The number of halogens is 3. The van der Waals surface area contributed by atoms with Crippen LogP contribution in [0.25, 0.3) is 0 Å². The number of allylic oxidation sites excluding steroid dienone is 1. The number of ether oxygens (including phenoxy) is 1. The largest absolute Gasteiger partial charge is 0.508 e. The number of aromatic nitrogens is 1. The molecule has 7 heteroatoms. The Balaban J connectivity index is 2.36. The van der Waals surface area contributed by atoms with Crippen molar-refractivity contribution in [1.29, 1.82) is 0 Å². The van der Waals surface area contributed by atoms with Crippen molar-refractivity contribution >= 4 is 11.8 Å². The quantitative estimate of drug-likeness (QED) is 0.797. The number of alkyl halides is 3. The maximum absolute atomic E-state index is 13.5. The van der Waals surface area contributed by atoms with Crippen LogP contribution in [0.2, 0.25) is 0 Å². The molecular weight excluding hydrogens is 327 g/mol. The topological polar surface area (TPSA) is 42.4 Å². The fourth-order valence-electron chi connectivity index (χ4n) is 2.03. The van der Waals surface area contributed by atoms with Crippen molar-refractivity contribution in [2.45, 2.75) is 17.1 Å². The Morgan fingerprint density at radius 2 is 2.04 bits per heavy atom. The summed E-state index contributed by atoms with van der Waals surface area (Å²) < 4.78 is 45.3. The van der Waals surface area contributed by atoms with E-state index in [1.54, 1.807) is 18.2 Å². The van der Waals surface area contributed by atoms with Crippen molar-refractivity contribution in [2.24, 2.45) is 0 Å². The molecule has 23 heavy (non-hydrogen) atoms. The zero-order valence-corrected chi connectivity index (χ0v) is 13.0. The monoisotopic (exact) mass is 341 g/mol. The second-order valence-electron chi connectivity index (χ2n) is 4.64. The van der Waals surface area contributed by atoms with Gasteiger partial charge in [-0.05, 0) is 18.2 Å². The summed E-state index contributed by atoms with van der Waals surface area (Å²) in [4.78, 5) is 3.81. The molecule has 122 valence electrons. The maximum atomic E-state index is 13.5. The number of phenols is 1. The van der Waals surface area contributed by atoms with Gasteiger partial charge in [0.15, 0.2) is 0 Å². The van der Waals surface area contributed by atoms with Gasteiger partial charge in [-0.25, -0.2) is 4.98 Å². The van der Waals surface area contributed by atoms with Crippen LogP contribution in [0, 0.1) is 0 Å². The van der Waals surface area contributed by atoms with E-state index in [9.17, 15) is 18.3 Å². The molecule has 0 aliphatic rings. The summed E-state index contributed by atoms with van der Waals surface area (Å²) in [5.74, 6) is -2.23. The van der Waals surface area contributed by atoms with Gasteiger partial charge in [0.05, 0.1) is 7.11 Å². The minimum Gasteiger partial charge on any atom is -0.508 e. The van der Waals surface area contributed by atoms with E-state index in [2.05, 4.69) is 11.6 Å². The van der Waals surface area contributed by atoms with Gasteiger partial charge in [0.1, 0.15) is 22.4 Å². The van der Waals surface area contributed by atoms with Crippen LogP contribution in [-0.4, -0.2) is 23.4 Å². The van der Waals surface area contributed by atoms with Crippen molar-refractivity contribution in [1.82, 2.24) is 4.98 Å². The molecule has 1 unspecified atom stereocenters. The lowest BCUT2D eigenvalue weighted by Gasteiger charge is -2.23. The number of phenolic OH excluding ortho intramolecular Hbond substituents is 1. The van der Waals surface area contributed by atoms with E-state index in [0.717, 1.165) is 17.8 Å². The highest BCUT2D eigenvalue weighted by atomic mass is 32.2. The van der Waals surface area contributed by atoms with Crippen LogP contribution in [0.3, 0.4) is 0 Å². The molecule has 1 atom stereocenters. The molecule has 2 aromatic rings. The first-order valence-corrected chi connectivity index (χ1v) is 7.36. The third-order valence-corrected chi connectivity index (χ3v) is 4.02. The summed E-state index contributed by atoms with van der Waals surface area (Å²) in [5.41, 5.74) is -0.272. The minimum absolute atomic E-state index is 0.170. The predicted octanol–water partition coefficient (Wildman–Crippen LogP) is 4.75. The van der Waals surface area contributed by atoms with Gasteiger partial charge in [0, 0.05) is 22.7 Å². The third-order valence-electron chi connectivity index (χ3n) is 3.07. The van der Waals surface area contributed by atoms with Gasteiger partial charge in [-0.15, -0.1) is 0 Å². The summed E-state index contributed by atoms with van der Waals surface area (Å²) in [6.07, 6.45) is -3.10. The summed E-state index contributed by atoms with van der Waals surface area (Å²) in [7, 11) is 1.37. The van der Waals surface area contributed by atoms with Crippen LogP contribution in [0.15, 0.2) is 59.1 Å². The first-order chi connectivity index (χ1) is 10.8. The molecule has 0 fully saturated rings. The molecule has 1 heterocycles. The number of hydrogen-bond donors (Lipinski definition) is 1. The molecule has 0 amide bonds. The predicted molar refractivity (Wildman–Crippen MR) is 82.7 cm³/mol. The van der Waals surface area contributed by atoms with E-state index >= 15 is 0 Å². The van der Waals surface area contributed by atoms with E-state index < -0.39 is 17.8 Å². The van der Waals surface area contributed by atoms with Gasteiger partial charge in [-0.2, -0.15) is 13.2 Å². The lowest BCUT2D eigenvalue weighted by molar-refractivity contribution is -0.140. The Labute approximate surface area is 135 Å². The van der Waals surface area contributed by atoms with Crippen LogP contribution in [0.4, 0.5) is 13.2 Å². The summed E-state index contributed by atoms with van der Waals surface area (Å²) >= 11 is 0.824. The second-order valence-corrected chi connectivity index (χ2v) is 5.78. The molecule has 1 aromatic carbocycles. The van der Waals surface area contributed by atoms with Crippen molar-refractivity contribution < 1.29 is 23.0 Å². The molecule has 0 spiro atoms. The zero-order valence-electron chi connectivity index (χ0n) is 12.2. The number of pyridine rings is 1.